The van der Waals surface area contributed by atoms with Gasteiger partial charge in [-0.2, -0.15) is 5.10 Å². The van der Waals surface area contributed by atoms with Crippen molar-refractivity contribution in [2.75, 3.05) is 0 Å². The van der Waals surface area contributed by atoms with Gasteiger partial charge in [0, 0.05) is 10.6 Å². The molecule has 2 aromatic carbocycles. The summed E-state index contributed by atoms with van der Waals surface area (Å²) in [4.78, 5) is 12.3. The average Bonchev–Trinajstić information content (AvgIpc) is 2.93. The summed E-state index contributed by atoms with van der Waals surface area (Å²) in [6.45, 7) is 1.70. The Labute approximate surface area is 164 Å². The molecule has 3 rings (SSSR count). The largest absolute Gasteiger partial charge is 0.506 e. The number of aryl methyl sites for hydroxylation is 1. The van der Waals surface area contributed by atoms with Gasteiger partial charge in [-0.1, -0.05) is 23.7 Å². The van der Waals surface area contributed by atoms with Crippen LogP contribution in [-0.2, 0) is 0 Å². The third-order valence-corrected chi connectivity index (χ3v) is 4.98. The first kappa shape index (κ1) is 18.0. The molecular weight excluding hydrogens is 475 g/mol. The molecule has 0 aliphatic heterocycles. The molecule has 0 spiro atoms. The third-order valence-electron chi connectivity index (χ3n) is 3.54. The predicted octanol–water partition coefficient (Wildman–Crippen LogP) is 5.39. The first-order chi connectivity index (χ1) is 11.9. The standard InChI is InChI=1S/C17H11Br2ClN2O3/c1-8-13-14(23)11(18)6-12(19)16(13)25-15(8)17(24)22-21-7-9-2-4-10(20)5-3-9/h2-7,23H,1H3,(H,22,24)/b21-7+. The van der Waals surface area contributed by atoms with Crippen molar-refractivity contribution in [3.63, 3.8) is 0 Å². The van der Waals surface area contributed by atoms with Gasteiger partial charge >= 0.3 is 5.91 Å². The predicted molar refractivity (Wildman–Crippen MR) is 105 cm³/mol. The zero-order chi connectivity index (χ0) is 18.1. The first-order valence-electron chi connectivity index (χ1n) is 7.07. The second kappa shape index (κ2) is 7.19. The number of amides is 1. The van der Waals surface area contributed by atoms with Crippen LogP contribution in [0.4, 0.5) is 0 Å². The molecule has 0 aliphatic rings. The van der Waals surface area contributed by atoms with Gasteiger partial charge in [-0.25, -0.2) is 5.43 Å². The molecule has 8 heteroatoms. The number of hydrazone groups is 1. The molecule has 1 heterocycles. The normalized spacial score (nSPS) is 11.4. The molecule has 0 saturated carbocycles. The Morgan fingerprint density at radius 2 is 1.96 bits per heavy atom. The van der Waals surface area contributed by atoms with Gasteiger partial charge in [0.15, 0.2) is 11.3 Å². The molecule has 0 unspecified atom stereocenters. The summed E-state index contributed by atoms with van der Waals surface area (Å²) in [5.41, 5.74) is 4.12. The number of hydrogen-bond donors (Lipinski definition) is 2. The Hall–Kier alpha value is -1.83. The van der Waals surface area contributed by atoms with Crippen LogP contribution in [-0.4, -0.2) is 17.2 Å². The molecule has 0 saturated heterocycles. The van der Waals surface area contributed by atoms with E-state index in [1.54, 1.807) is 37.3 Å². The summed E-state index contributed by atoms with van der Waals surface area (Å²) in [5.74, 6) is -0.415. The lowest BCUT2D eigenvalue weighted by molar-refractivity contribution is 0.0928. The molecule has 128 valence electrons. The van der Waals surface area contributed by atoms with Gasteiger partial charge in [-0.3, -0.25) is 4.79 Å². The van der Waals surface area contributed by atoms with Crippen molar-refractivity contribution < 1.29 is 14.3 Å². The molecule has 3 aromatic rings. The Morgan fingerprint density at radius 3 is 2.64 bits per heavy atom. The van der Waals surface area contributed by atoms with Crippen molar-refractivity contribution in [1.29, 1.82) is 0 Å². The number of benzene rings is 2. The fraction of sp³-hybridized carbons (Fsp3) is 0.0588. The number of furan rings is 1. The summed E-state index contributed by atoms with van der Waals surface area (Å²) in [6.07, 6.45) is 1.50. The number of phenols is 1. The number of carbonyl (C=O) groups excluding carboxylic acids is 1. The fourth-order valence-corrected chi connectivity index (χ4v) is 3.68. The summed E-state index contributed by atoms with van der Waals surface area (Å²) < 4.78 is 6.74. The van der Waals surface area contributed by atoms with Crippen LogP contribution in [0.3, 0.4) is 0 Å². The Morgan fingerprint density at radius 1 is 1.28 bits per heavy atom. The number of nitrogens with zero attached hydrogens (tertiary/aromatic N) is 1. The number of rotatable bonds is 3. The second-order valence-electron chi connectivity index (χ2n) is 5.20. The summed E-state index contributed by atoms with van der Waals surface area (Å²) in [5, 5.41) is 15.2. The van der Waals surface area contributed by atoms with E-state index in [1.165, 1.54) is 6.21 Å². The number of fused-ring (bicyclic) bond motifs is 1. The van der Waals surface area contributed by atoms with E-state index in [1.807, 2.05) is 0 Å². The van der Waals surface area contributed by atoms with Crippen molar-refractivity contribution in [3.05, 3.63) is 61.2 Å². The van der Waals surface area contributed by atoms with E-state index in [2.05, 4.69) is 42.4 Å². The van der Waals surface area contributed by atoms with Crippen LogP contribution < -0.4 is 5.43 Å². The number of carbonyl (C=O) groups is 1. The van der Waals surface area contributed by atoms with E-state index in [4.69, 9.17) is 16.0 Å². The van der Waals surface area contributed by atoms with Crippen LogP contribution in [0.15, 0.2) is 48.8 Å². The Balaban J connectivity index is 1.87. The first-order valence-corrected chi connectivity index (χ1v) is 9.04. The van der Waals surface area contributed by atoms with Gasteiger partial charge < -0.3 is 9.52 Å². The molecule has 1 aromatic heterocycles. The van der Waals surface area contributed by atoms with Crippen molar-refractivity contribution >= 4 is 66.6 Å². The molecule has 5 nitrogen and oxygen atoms in total. The highest BCUT2D eigenvalue weighted by molar-refractivity contribution is 9.11. The number of hydrogen-bond acceptors (Lipinski definition) is 4. The quantitative estimate of drug-likeness (QED) is 0.385. The van der Waals surface area contributed by atoms with Gasteiger partial charge in [-0.15, -0.1) is 0 Å². The molecule has 0 atom stereocenters. The Kier molecular flexibility index (Phi) is 5.17. The lowest BCUT2D eigenvalue weighted by atomic mass is 10.1. The maximum atomic E-state index is 12.3. The molecule has 0 radical (unpaired) electrons. The van der Waals surface area contributed by atoms with Gasteiger partial charge in [0.05, 0.1) is 20.5 Å². The van der Waals surface area contributed by atoms with Gasteiger partial charge in [0.2, 0.25) is 0 Å². The van der Waals surface area contributed by atoms with Crippen molar-refractivity contribution in [2.45, 2.75) is 6.92 Å². The molecular formula is C17H11Br2ClN2O3. The zero-order valence-electron chi connectivity index (χ0n) is 12.8. The van der Waals surface area contributed by atoms with Crippen LogP contribution in [0.1, 0.15) is 21.7 Å². The number of halogens is 3. The maximum absolute atomic E-state index is 12.3. The van der Waals surface area contributed by atoms with Crippen LogP contribution in [0.25, 0.3) is 11.0 Å². The number of phenolic OH excluding ortho intramolecular Hbond substituents is 1. The number of aromatic hydroxyl groups is 1. The third kappa shape index (κ3) is 3.58. The molecule has 0 aliphatic carbocycles. The summed E-state index contributed by atoms with van der Waals surface area (Å²) in [7, 11) is 0. The number of nitrogens with one attached hydrogen (secondary N) is 1. The highest BCUT2D eigenvalue weighted by atomic mass is 79.9. The van der Waals surface area contributed by atoms with Gasteiger partial charge in [-0.05, 0) is 62.5 Å². The lowest BCUT2D eigenvalue weighted by Crippen LogP contribution is -2.17. The van der Waals surface area contributed by atoms with Crippen molar-refractivity contribution in [1.82, 2.24) is 5.43 Å². The van der Waals surface area contributed by atoms with E-state index in [9.17, 15) is 9.90 Å². The molecule has 0 bridgehead atoms. The van der Waals surface area contributed by atoms with Gasteiger partial charge in [0.1, 0.15) is 5.75 Å². The summed E-state index contributed by atoms with van der Waals surface area (Å²) in [6, 6.07) is 8.66. The van der Waals surface area contributed by atoms with E-state index in [0.717, 1.165) is 5.56 Å². The minimum atomic E-state index is -0.513. The minimum absolute atomic E-state index is 0.0168. The van der Waals surface area contributed by atoms with E-state index < -0.39 is 5.91 Å². The highest BCUT2D eigenvalue weighted by Crippen LogP contribution is 2.41. The average molecular weight is 487 g/mol. The minimum Gasteiger partial charge on any atom is -0.506 e. The molecule has 0 fully saturated rings. The maximum Gasteiger partial charge on any atom is 0.307 e. The SMILES string of the molecule is Cc1c(C(=O)N/N=C/c2ccc(Cl)cc2)oc2c(Br)cc(Br)c(O)c12. The molecule has 25 heavy (non-hydrogen) atoms. The zero-order valence-corrected chi connectivity index (χ0v) is 16.7. The van der Waals surface area contributed by atoms with Crippen LogP contribution in [0, 0.1) is 6.92 Å². The smallest absolute Gasteiger partial charge is 0.307 e. The van der Waals surface area contributed by atoms with Crippen molar-refractivity contribution in [2.24, 2.45) is 5.10 Å². The van der Waals surface area contributed by atoms with Crippen LogP contribution in [0.5, 0.6) is 5.75 Å². The monoisotopic (exact) mass is 484 g/mol. The second-order valence-corrected chi connectivity index (χ2v) is 7.34. The van der Waals surface area contributed by atoms with Gasteiger partial charge in [0.25, 0.3) is 0 Å². The molecule has 1 amide bonds. The Bertz CT molecular complexity index is 998. The fourth-order valence-electron chi connectivity index (χ4n) is 2.31. The molecule has 2 N–H and O–H groups in total. The van der Waals surface area contributed by atoms with E-state index in [0.29, 0.717) is 30.5 Å². The highest BCUT2D eigenvalue weighted by Gasteiger charge is 2.22. The van der Waals surface area contributed by atoms with Crippen LogP contribution >= 0.6 is 43.5 Å². The van der Waals surface area contributed by atoms with Crippen LogP contribution in [0.2, 0.25) is 5.02 Å². The van der Waals surface area contributed by atoms with Crippen molar-refractivity contribution in [3.8, 4) is 5.75 Å². The van der Waals surface area contributed by atoms with E-state index >= 15 is 0 Å². The van der Waals surface area contributed by atoms with E-state index in [-0.39, 0.29) is 11.5 Å². The topological polar surface area (TPSA) is 74.8 Å². The lowest BCUT2D eigenvalue weighted by Gasteiger charge is -2.00. The summed E-state index contributed by atoms with van der Waals surface area (Å²) >= 11 is 12.4.